The highest BCUT2D eigenvalue weighted by Gasteiger charge is 2.20. The first-order valence-corrected chi connectivity index (χ1v) is 6.48. The van der Waals surface area contributed by atoms with Crippen molar-refractivity contribution < 1.29 is 4.79 Å². The number of rotatable bonds is 3. The van der Waals surface area contributed by atoms with Crippen molar-refractivity contribution in [2.75, 3.05) is 30.9 Å². The zero-order valence-corrected chi connectivity index (χ0v) is 11.1. The molecule has 0 bridgehead atoms. The molecule has 1 atom stereocenters. The third-order valence-corrected chi connectivity index (χ3v) is 3.24. The van der Waals surface area contributed by atoms with Gasteiger partial charge in [0.25, 0.3) is 0 Å². The lowest BCUT2D eigenvalue weighted by Crippen LogP contribution is -2.37. The summed E-state index contributed by atoms with van der Waals surface area (Å²) in [4.78, 5) is 13.9. The zero-order chi connectivity index (χ0) is 13.0. The van der Waals surface area contributed by atoms with Crippen LogP contribution >= 0.6 is 0 Å². The van der Waals surface area contributed by atoms with Gasteiger partial charge in [0.1, 0.15) is 6.04 Å². The van der Waals surface area contributed by atoms with Gasteiger partial charge in [-0.2, -0.15) is 0 Å². The molecule has 1 aliphatic rings. The van der Waals surface area contributed by atoms with E-state index in [1.807, 2.05) is 26.2 Å². The van der Waals surface area contributed by atoms with E-state index in [1.54, 1.807) is 0 Å². The van der Waals surface area contributed by atoms with Crippen LogP contribution in [0.5, 0.6) is 0 Å². The molecule has 1 saturated heterocycles. The standard InChI is InChI=1S/C14H21N3O/c1-17(2)12-7-5-6-11(10-12)16-13-8-3-4-9-15-14(13)18/h5-7,10,13,16H,3-4,8-9H2,1-2H3,(H,15,18). The van der Waals surface area contributed by atoms with Crippen LogP contribution in [-0.2, 0) is 4.79 Å². The van der Waals surface area contributed by atoms with Crippen LogP contribution in [-0.4, -0.2) is 32.6 Å². The van der Waals surface area contributed by atoms with Crippen molar-refractivity contribution in [1.29, 1.82) is 0 Å². The number of amides is 1. The van der Waals surface area contributed by atoms with E-state index in [-0.39, 0.29) is 11.9 Å². The van der Waals surface area contributed by atoms with E-state index in [0.717, 1.165) is 37.2 Å². The van der Waals surface area contributed by atoms with E-state index in [4.69, 9.17) is 0 Å². The quantitative estimate of drug-likeness (QED) is 0.856. The number of hydrogen-bond donors (Lipinski definition) is 2. The fourth-order valence-corrected chi connectivity index (χ4v) is 2.15. The largest absolute Gasteiger partial charge is 0.378 e. The third kappa shape index (κ3) is 3.15. The van der Waals surface area contributed by atoms with Crippen molar-refractivity contribution in [3.8, 4) is 0 Å². The number of nitrogens with one attached hydrogen (secondary N) is 2. The Hall–Kier alpha value is -1.71. The van der Waals surface area contributed by atoms with Gasteiger partial charge in [-0.1, -0.05) is 6.07 Å². The molecule has 1 unspecified atom stereocenters. The number of carbonyl (C=O) groups excluding carboxylic acids is 1. The van der Waals surface area contributed by atoms with E-state index in [9.17, 15) is 4.79 Å². The summed E-state index contributed by atoms with van der Waals surface area (Å²) < 4.78 is 0. The minimum Gasteiger partial charge on any atom is -0.378 e. The number of nitrogens with zero attached hydrogens (tertiary/aromatic N) is 1. The molecule has 1 amide bonds. The average Bonchev–Trinajstić information content (AvgIpc) is 2.55. The van der Waals surface area contributed by atoms with Gasteiger partial charge in [0.2, 0.25) is 5.91 Å². The van der Waals surface area contributed by atoms with Gasteiger partial charge in [0.05, 0.1) is 0 Å². The highest BCUT2D eigenvalue weighted by molar-refractivity contribution is 5.85. The fraction of sp³-hybridized carbons (Fsp3) is 0.500. The topological polar surface area (TPSA) is 44.4 Å². The Morgan fingerprint density at radius 2 is 2.17 bits per heavy atom. The predicted molar refractivity (Wildman–Crippen MR) is 75.0 cm³/mol. The fourth-order valence-electron chi connectivity index (χ4n) is 2.15. The molecular weight excluding hydrogens is 226 g/mol. The Labute approximate surface area is 108 Å². The van der Waals surface area contributed by atoms with Crippen LogP contribution in [0.3, 0.4) is 0 Å². The van der Waals surface area contributed by atoms with Crippen molar-refractivity contribution in [3.05, 3.63) is 24.3 Å². The van der Waals surface area contributed by atoms with Gasteiger partial charge in [0, 0.05) is 32.0 Å². The van der Waals surface area contributed by atoms with Crippen molar-refractivity contribution in [2.45, 2.75) is 25.3 Å². The van der Waals surface area contributed by atoms with E-state index in [1.165, 1.54) is 0 Å². The van der Waals surface area contributed by atoms with Crippen LogP contribution in [0.1, 0.15) is 19.3 Å². The molecule has 18 heavy (non-hydrogen) atoms. The summed E-state index contributed by atoms with van der Waals surface area (Å²) in [5.41, 5.74) is 2.14. The van der Waals surface area contributed by atoms with E-state index < -0.39 is 0 Å². The van der Waals surface area contributed by atoms with Gasteiger partial charge in [-0.15, -0.1) is 0 Å². The van der Waals surface area contributed by atoms with Crippen LogP contribution in [0.4, 0.5) is 11.4 Å². The average molecular weight is 247 g/mol. The second kappa shape index (κ2) is 5.76. The minimum atomic E-state index is -0.107. The summed E-state index contributed by atoms with van der Waals surface area (Å²) in [5.74, 6) is 0.114. The number of anilines is 2. The Kier molecular flexibility index (Phi) is 4.07. The molecule has 0 spiro atoms. The SMILES string of the molecule is CN(C)c1cccc(NC2CCCCNC2=O)c1. The lowest BCUT2D eigenvalue weighted by molar-refractivity contribution is -0.121. The van der Waals surface area contributed by atoms with Crippen LogP contribution in [0, 0.1) is 0 Å². The first kappa shape index (κ1) is 12.7. The van der Waals surface area contributed by atoms with Crippen LogP contribution < -0.4 is 15.5 Å². The van der Waals surface area contributed by atoms with Crippen molar-refractivity contribution in [1.82, 2.24) is 5.32 Å². The van der Waals surface area contributed by atoms with Crippen LogP contribution in [0.2, 0.25) is 0 Å². The van der Waals surface area contributed by atoms with Crippen molar-refractivity contribution in [3.63, 3.8) is 0 Å². The molecule has 4 heteroatoms. The maximum absolute atomic E-state index is 11.9. The number of benzene rings is 1. The Bertz CT molecular complexity index is 417. The van der Waals surface area contributed by atoms with Crippen molar-refractivity contribution >= 4 is 17.3 Å². The van der Waals surface area contributed by atoms with Gasteiger partial charge in [-0.3, -0.25) is 4.79 Å². The molecule has 2 N–H and O–H groups in total. The van der Waals surface area contributed by atoms with Gasteiger partial charge in [-0.25, -0.2) is 0 Å². The monoisotopic (exact) mass is 247 g/mol. The highest BCUT2D eigenvalue weighted by atomic mass is 16.2. The molecule has 1 fully saturated rings. The summed E-state index contributed by atoms with van der Waals surface area (Å²) in [6, 6.07) is 8.03. The Morgan fingerprint density at radius 1 is 1.33 bits per heavy atom. The molecule has 0 aromatic heterocycles. The predicted octanol–water partition coefficient (Wildman–Crippen LogP) is 1.83. The Morgan fingerprint density at radius 3 is 2.94 bits per heavy atom. The summed E-state index contributed by atoms with van der Waals surface area (Å²) in [6.07, 6.45) is 3.06. The molecule has 0 radical (unpaired) electrons. The summed E-state index contributed by atoms with van der Waals surface area (Å²) >= 11 is 0. The first-order chi connectivity index (χ1) is 8.66. The smallest absolute Gasteiger partial charge is 0.242 e. The van der Waals surface area contributed by atoms with Crippen LogP contribution in [0.15, 0.2) is 24.3 Å². The second-order valence-corrected chi connectivity index (χ2v) is 4.93. The van der Waals surface area contributed by atoms with E-state index >= 15 is 0 Å². The molecular formula is C14H21N3O. The maximum atomic E-state index is 11.9. The maximum Gasteiger partial charge on any atom is 0.242 e. The number of hydrogen-bond acceptors (Lipinski definition) is 3. The lowest BCUT2D eigenvalue weighted by Gasteiger charge is -2.19. The zero-order valence-electron chi connectivity index (χ0n) is 11.1. The summed E-state index contributed by atoms with van der Waals surface area (Å²) in [5, 5.41) is 6.27. The lowest BCUT2D eigenvalue weighted by atomic mass is 10.1. The van der Waals surface area contributed by atoms with Gasteiger partial charge in [0.15, 0.2) is 0 Å². The molecule has 0 aliphatic carbocycles. The van der Waals surface area contributed by atoms with Crippen molar-refractivity contribution in [2.24, 2.45) is 0 Å². The van der Waals surface area contributed by atoms with Gasteiger partial charge < -0.3 is 15.5 Å². The first-order valence-electron chi connectivity index (χ1n) is 6.48. The van der Waals surface area contributed by atoms with E-state index in [2.05, 4.69) is 27.7 Å². The molecule has 4 nitrogen and oxygen atoms in total. The molecule has 1 heterocycles. The van der Waals surface area contributed by atoms with Gasteiger partial charge >= 0.3 is 0 Å². The van der Waals surface area contributed by atoms with E-state index in [0.29, 0.717) is 0 Å². The molecule has 1 aromatic carbocycles. The summed E-state index contributed by atoms with van der Waals surface area (Å²) in [6.45, 7) is 0.800. The molecule has 1 aromatic rings. The van der Waals surface area contributed by atoms with Crippen LogP contribution in [0.25, 0.3) is 0 Å². The normalized spacial score (nSPS) is 19.9. The molecule has 0 saturated carbocycles. The summed E-state index contributed by atoms with van der Waals surface area (Å²) in [7, 11) is 4.02. The Balaban J connectivity index is 2.07. The van der Waals surface area contributed by atoms with Gasteiger partial charge in [-0.05, 0) is 37.5 Å². The third-order valence-electron chi connectivity index (χ3n) is 3.24. The molecule has 2 rings (SSSR count). The molecule has 98 valence electrons. The second-order valence-electron chi connectivity index (χ2n) is 4.93. The number of carbonyl (C=O) groups is 1. The minimum absolute atomic E-state index is 0.107. The highest BCUT2D eigenvalue weighted by Crippen LogP contribution is 2.19. The molecule has 1 aliphatic heterocycles.